The molecule has 0 bridgehead atoms. The number of hydrogen-bond acceptors (Lipinski definition) is 3. The SMILES string of the molecule is CCCCCc1c[nH]c2ccc(Oc3c(C(F)(F)F)cc([N+](=O)OC)cc3C(F)(F)F)cc12. The summed E-state index contributed by atoms with van der Waals surface area (Å²) < 4.78 is 87.4. The lowest BCUT2D eigenvalue weighted by Crippen LogP contribution is -2.15. The summed E-state index contributed by atoms with van der Waals surface area (Å²) in [7, 11) is 0.822. The average molecular weight is 475 g/mol. The Bertz CT molecular complexity index is 1120. The van der Waals surface area contributed by atoms with E-state index in [0.717, 1.165) is 31.9 Å². The van der Waals surface area contributed by atoms with E-state index in [4.69, 9.17) is 4.74 Å². The minimum Gasteiger partial charge on any atom is -0.456 e. The number of nitrogens with zero attached hydrogens (tertiary/aromatic N) is 1. The van der Waals surface area contributed by atoms with Gasteiger partial charge >= 0.3 is 18.0 Å². The van der Waals surface area contributed by atoms with E-state index in [-0.39, 0.29) is 17.9 Å². The standard InChI is InChI=1S/C22H21F6N2O3/c1-3-4-5-6-13-12-29-19-8-7-15(11-16(13)19)33-20-17(21(23,24)25)9-14(30(31)32-2)10-18(20)22(26,27)28/h7-12,29H,3-6H2,1-2H3/q+1. The van der Waals surface area contributed by atoms with Crippen molar-refractivity contribution in [1.82, 2.24) is 4.98 Å². The van der Waals surface area contributed by atoms with Crippen molar-refractivity contribution in [3.05, 3.63) is 58.1 Å². The van der Waals surface area contributed by atoms with E-state index in [0.29, 0.717) is 17.3 Å². The second-order valence-corrected chi connectivity index (χ2v) is 7.39. The second kappa shape index (κ2) is 9.32. The fourth-order valence-corrected chi connectivity index (χ4v) is 3.47. The number of halogens is 6. The van der Waals surface area contributed by atoms with E-state index < -0.39 is 39.8 Å². The number of ether oxygens (including phenoxy) is 1. The van der Waals surface area contributed by atoms with E-state index in [1.54, 1.807) is 6.20 Å². The summed E-state index contributed by atoms with van der Waals surface area (Å²) in [6, 6.07) is 4.71. The van der Waals surface area contributed by atoms with Crippen LogP contribution in [0.3, 0.4) is 0 Å². The van der Waals surface area contributed by atoms with Gasteiger partial charge in [-0.2, -0.15) is 26.3 Å². The summed E-state index contributed by atoms with van der Waals surface area (Å²) in [5, 5.41) is 0.646. The Balaban J connectivity index is 2.12. The Morgan fingerprint density at radius 2 is 1.61 bits per heavy atom. The Kier molecular flexibility index (Phi) is 6.89. The summed E-state index contributed by atoms with van der Waals surface area (Å²) in [6.07, 6.45) is -5.14. The van der Waals surface area contributed by atoms with Crippen LogP contribution in [0.2, 0.25) is 0 Å². The van der Waals surface area contributed by atoms with Crippen LogP contribution in [0.5, 0.6) is 11.5 Å². The van der Waals surface area contributed by atoms with Crippen LogP contribution in [-0.4, -0.2) is 17.0 Å². The molecular formula is C22H21F6N2O3+. The van der Waals surface area contributed by atoms with Crippen LogP contribution in [0.1, 0.15) is 42.9 Å². The van der Waals surface area contributed by atoms with E-state index in [2.05, 4.69) is 9.82 Å². The summed E-state index contributed by atoms with van der Waals surface area (Å²) in [4.78, 5) is 18.4. The minimum atomic E-state index is -5.23. The van der Waals surface area contributed by atoms with Crippen LogP contribution >= 0.6 is 0 Å². The Morgan fingerprint density at radius 1 is 0.970 bits per heavy atom. The number of aromatic nitrogens is 1. The third-order valence-corrected chi connectivity index (χ3v) is 5.07. The highest BCUT2D eigenvalue weighted by Crippen LogP contribution is 2.48. The van der Waals surface area contributed by atoms with Crippen molar-refractivity contribution in [2.45, 2.75) is 45.0 Å². The topological polar surface area (TPSA) is 54.3 Å². The summed E-state index contributed by atoms with van der Waals surface area (Å²) in [5.74, 6) is -1.64. The third-order valence-electron chi connectivity index (χ3n) is 5.07. The molecule has 0 unspecified atom stereocenters. The van der Waals surface area contributed by atoms with Crippen molar-refractivity contribution < 1.29 is 40.8 Å². The molecule has 3 rings (SSSR count). The Hall–Kier alpha value is -3.24. The number of fused-ring (bicyclic) bond motifs is 1. The molecule has 1 heterocycles. The van der Waals surface area contributed by atoms with Crippen molar-refractivity contribution in [1.29, 1.82) is 0 Å². The molecule has 2 aromatic carbocycles. The van der Waals surface area contributed by atoms with Gasteiger partial charge in [-0.15, -0.1) is 0 Å². The molecule has 0 spiro atoms. The first-order chi connectivity index (χ1) is 15.5. The first-order valence-corrected chi connectivity index (χ1v) is 10.1. The van der Waals surface area contributed by atoms with Gasteiger partial charge in [-0.3, -0.25) is 0 Å². The molecule has 0 saturated carbocycles. The van der Waals surface area contributed by atoms with Crippen molar-refractivity contribution in [2.24, 2.45) is 0 Å². The molecule has 0 radical (unpaired) electrons. The number of nitrogens with one attached hydrogen (secondary N) is 1. The fourth-order valence-electron chi connectivity index (χ4n) is 3.47. The third kappa shape index (κ3) is 5.40. The molecule has 0 aliphatic rings. The molecule has 178 valence electrons. The van der Waals surface area contributed by atoms with Crippen LogP contribution in [0.4, 0.5) is 32.0 Å². The van der Waals surface area contributed by atoms with Gasteiger partial charge in [-0.25, -0.2) is 4.84 Å². The lowest BCUT2D eigenvalue weighted by atomic mass is 10.1. The van der Waals surface area contributed by atoms with Gasteiger partial charge in [0.05, 0.1) is 4.91 Å². The molecule has 5 nitrogen and oxygen atoms in total. The molecular weight excluding hydrogens is 454 g/mol. The zero-order valence-corrected chi connectivity index (χ0v) is 17.7. The second-order valence-electron chi connectivity index (χ2n) is 7.39. The van der Waals surface area contributed by atoms with Crippen LogP contribution in [0.15, 0.2) is 36.5 Å². The smallest absolute Gasteiger partial charge is 0.420 e. The lowest BCUT2D eigenvalue weighted by molar-refractivity contribution is -0.736. The van der Waals surface area contributed by atoms with Crippen LogP contribution < -0.4 is 4.74 Å². The van der Waals surface area contributed by atoms with Crippen molar-refractivity contribution in [2.75, 3.05) is 7.11 Å². The zero-order valence-electron chi connectivity index (χ0n) is 17.7. The molecule has 0 fully saturated rings. The van der Waals surface area contributed by atoms with Gasteiger partial charge in [0.1, 0.15) is 16.9 Å². The van der Waals surface area contributed by atoms with Gasteiger partial charge in [0.15, 0.2) is 12.9 Å². The average Bonchev–Trinajstić information content (AvgIpc) is 3.14. The number of benzene rings is 2. The maximum Gasteiger partial charge on any atom is 0.420 e. The number of unbranched alkanes of at least 4 members (excludes halogenated alkanes) is 2. The molecule has 33 heavy (non-hydrogen) atoms. The number of aryl methyl sites for hydroxylation is 1. The molecule has 0 aliphatic carbocycles. The predicted molar refractivity (Wildman–Crippen MR) is 108 cm³/mol. The Morgan fingerprint density at radius 3 is 2.15 bits per heavy atom. The normalized spacial score (nSPS) is 12.2. The summed E-state index contributed by atoms with van der Waals surface area (Å²) >= 11 is 0. The number of rotatable bonds is 8. The molecule has 1 aromatic heterocycles. The number of aromatic amines is 1. The van der Waals surface area contributed by atoms with E-state index in [1.807, 2.05) is 6.92 Å². The van der Waals surface area contributed by atoms with Gasteiger partial charge in [-0.05, 0) is 36.6 Å². The fraction of sp³-hybridized carbons (Fsp3) is 0.364. The van der Waals surface area contributed by atoms with Crippen LogP contribution in [0, 0.1) is 4.91 Å². The lowest BCUT2D eigenvalue weighted by Gasteiger charge is -2.18. The van der Waals surface area contributed by atoms with Crippen molar-refractivity contribution >= 4 is 16.6 Å². The van der Waals surface area contributed by atoms with Gasteiger partial charge in [0, 0.05) is 29.2 Å². The van der Waals surface area contributed by atoms with E-state index in [1.165, 1.54) is 18.2 Å². The first kappa shape index (κ1) is 24.4. The Labute approximate surface area is 184 Å². The van der Waals surface area contributed by atoms with E-state index >= 15 is 0 Å². The summed E-state index contributed by atoms with van der Waals surface area (Å²) in [5.41, 5.74) is -2.90. The number of alkyl halides is 6. The quantitative estimate of drug-likeness (QED) is 0.206. The predicted octanol–water partition coefficient (Wildman–Crippen LogP) is 7.70. The number of hydrogen-bond donors (Lipinski definition) is 1. The minimum absolute atomic E-state index is 0.201. The van der Waals surface area contributed by atoms with Crippen LogP contribution in [0.25, 0.3) is 10.9 Å². The van der Waals surface area contributed by atoms with E-state index in [9.17, 15) is 31.2 Å². The highest BCUT2D eigenvalue weighted by molar-refractivity contribution is 5.84. The maximum absolute atomic E-state index is 13.7. The van der Waals surface area contributed by atoms with Gasteiger partial charge in [0.25, 0.3) is 4.92 Å². The maximum atomic E-state index is 13.7. The van der Waals surface area contributed by atoms with Crippen molar-refractivity contribution in [3.8, 4) is 11.5 Å². The zero-order chi connectivity index (χ0) is 24.4. The molecule has 0 aliphatic heterocycles. The first-order valence-electron chi connectivity index (χ1n) is 10.1. The van der Waals surface area contributed by atoms with Gasteiger partial charge in [0.2, 0.25) is 0 Å². The number of H-pyrrole nitrogens is 1. The largest absolute Gasteiger partial charge is 0.456 e. The molecule has 0 saturated heterocycles. The summed E-state index contributed by atoms with van der Waals surface area (Å²) in [6.45, 7) is 2.04. The molecule has 0 amide bonds. The monoisotopic (exact) mass is 475 g/mol. The van der Waals surface area contributed by atoms with Crippen molar-refractivity contribution in [3.63, 3.8) is 0 Å². The molecule has 1 N–H and O–H groups in total. The highest BCUT2D eigenvalue weighted by atomic mass is 19.4. The van der Waals surface area contributed by atoms with Gasteiger partial charge in [-0.1, -0.05) is 19.8 Å². The molecule has 11 heteroatoms. The van der Waals surface area contributed by atoms with Crippen LogP contribution in [-0.2, 0) is 23.6 Å². The van der Waals surface area contributed by atoms with Gasteiger partial charge < -0.3 is 9.72 Å². The molecule has 0 atom stereocenters. The highest BCUT2D eigenvalue weighted by Gasteiger charge is 2.45. The molecule has 3 aromatic rings.